The van der Waals surface area contributed by atoms with Gasteiger partial charge >= 0.3 is 0 Å². The number of carbonyl (C=O) groups excluding carboxylic acids is 1. The Labute approximate surface area is 165 Å². The van der Waals surface area contributed by atoms with Crippen molar-refractivity contribution >= 4 is 39.9 Å². The van der Waals surface area contributed by atoms with E-state index in [4.69, 9.17) is 11.6 Å². The molecule has 0 N–H and O–H groups in total. The first-order valence-electron chi connectivity index (χ1n) is 9.07. The Kier molecular flexibility index (Phi) is 4.72. The van der Waals surface area contributed by atoms with E-state index in [0.29, 0.717) is 35.8 Å². The monoisotopic (exact) mass is 399 g/mol. The molecule has 1 aromatic heterocycles. The Hall–Kier alpha value is -3.00. The summed E-state index contributed by atoms with van der Waals surface area (Å²) in [7, 11) is 0. The molecule has 0 aliphatic heterocycles. The number of nitro benzene ring substituents is 1. The lowest BCUT2D eigenvalue weighted by Gasteiger charge is -2.23. The van der Waals surface area contributed by atoms with E-state index < -0.39 is 4.92 Å². The van der Waals surface area contributed by atoms with Gasteiger partial charge in [0.1, 0.15) is 10.5 Å². The minimum Gasteiger partial charge on any atom is -0.308 e. The Morgan fingerprint density at radius 1 is 1.32 bits per heavy atom. The molecule has 9 heteroatoms. The quantitative estimate of drug-likeness (QED) is 0.460. The fourth-order valence-corrected chi connectivity index (χ4v) is 3.35. The third-order valence-electron chi connectivity index (χ3n) is 4.88. The molecule has 28 heavy (non-hydrogen) atoms. The number of hydrogen-bond donors (Lipinski definition) is 0. The van der Waals surface area contributed by atoms with Crippen molar-refractivity contribution in [3.05, 3.63) is 57.1 Å². The summed E-state index contributed by atoms with van der Waals surface area (Å²) in [6.45, 7) is 3.17. The molecule has 1 heterocycles. The number of rotatable bonds is 6. The fourth-order valence-electron chi connectivity index (χ4n) is 3.17. The van der Waals surface area contributed by atoms with Crippen LogP contribution in [0.3, 0.4) is 0 Å². The van der Waals surface area contributed by atoms with Gasteiger partial charge in [-0.15, -0.1) is 5.10 Å². The van der Waals surface area contributed by atoms with Gasteiger partial charge in [0, 0.05) is 24.7 Å². The molecule has 1 aliphatic carbocycles. The minimum atomic E-state index is -0.541. The van der Waals surface area contributed by atoms with E-state index in [1.165, 1.54) is 12.1 Å². The summed E-state index contributed by atoms with van der Waals surface area (Å²) in [6, 6.07) is 9.73. The zero-order valence-electron chi connectivity index (χ0n) is 15.2. The first-order chi connectivity index (χ1) is 13.5. The summed E-state index contributed by atoms with van der Waals surface area (Å²) < 4.78 is 1.76. The van der Waals surface area contributed by atoms with Crippen LogP contribution in [0.4, 0.5) is 11.4 Å². The molecule has 0 radical (unpaired) electrons. The Bertz CT molecular complexity index is 1080. The first kappa shape index (κ1) is 18.4. The van der Waals surface area contributed by atoms with Crippen molar-refractivity contribution in [3.8, 4) is 0 Å². The predicted molar refractivity (Wildman–Crippen MR) is 106 cm³/mol. The Morgan fingerprint density at radius 2 is 2.11 bits per heavy atom. The van der Waals surface area contributed by atoms with Gasteiger partial charge in [-0.25, -0.2) is 4.68 Å². The zero-order chi connectivity index (χ0) is 19.8. The number of amides is 1. The van der Waals surface area contributed by atoms with Gasteiger partial charge < -0.3 is 4.90 Å². The highest BCUT2D eigenvalue weighted by Crippen LogP contribution is 2.35. The van der Waals surface area contributed by atoms with Gasteiger partial charge in [-0.2, -0.15) is 0 Å². The van der Waals surface area contributed by atoms with Crippen LogP contribution in [0.1, 0.15) is 30.1 Å². The van der Waals surface area contributed by atoms with Crippen LogP contribution in [-0.2, 0) is 6.54 Å². The van der Waals surface area contributed by atoms with Crippen molar-refractivity contribution in [1.29, 1.82) is 0 Å². The number of aromatic nitrogens is 3. The lowest BCUT2D eigenvalue weighted by Crippen LogP contribution is -2.33. The third kappa shape index (κ3) is 3.43. The largest absolute Gasteiger partial charge is 0.308 e. The number of fused-ring (bicyclic) bond motifs is 1. The molecular weight excluding hydrogens is 382 g/mol. The van der Waals surface area contributed by atoms with Crippen molar-refractivity contribution in [2.24, 2.45) is 5.92 Å². The number of nitrogens with zero attached hydrogens (tertiary/aromatic N) is 5. The molecular formula is C19H18ClN5O3. The van der Waals surface area contributed by atoms with Crippen LogP contribution >= 0.6 is 11.6 Å². The molecule has 1 saturated carbocycles. The number of halogens is 1. The van der Waals surface area contributed by atoms with Crippen LogP contribution in [0, 0.1) is 16.0 Å². The van der Waals surface area contributed by atoms with Crippen molar-refractivity contribution < 1.29 is 9.72 Å². The second-order valence-electron chi connectivity index (χ2n) is 6.86. The predicted octanol–water partition coefficient (Wildman–Crippen LogP) is 4.07. The maximum atomic E-state index is 13.3. The molecule has 144 valence electrons. The lowest BCUT2D eigenvalue weighted by atomic mass is 10.1. The molecule has 0 atom stereocenters. The average Bonchev–Trinajstić information content (AvgIpc) is 3.42. The first-order valence-corrected chi connectivity index (χ1v) is 9.44. The topological polar surface area (TPSA) is 94.2 Å². The van der Waals surface area contributed by atoms with E-state index in [1.807, 2.05) is 13.0 Å². The van der Waals surface area contributed by atoms with Crippen LogP contribution < -0.4 is 4.90 Å². The van der Waals surface area contributed by atoms with Crippen LogP contribution in [0.25, 0.3) is 11.0 Å². The van der Waals surface area contributed by atoms with Crippen molar-refractivity contribution in [3.63, 3.8) is 0 Å². The Balaban J connectivity index is 1.72. The summed E-state index contributed by atoms with van der Waals surface area (Å²) >= 11 is 5.93. The van der Waals surface area contributed by atoms with Gasteiger partial charge in [-0.05, 0) is 56.0 Å². The van der Waals surface area contributed by atoms with Gasteiger partial charge in [0.2, 0.25) is 0 Å². The molecule has 0 saturated heterocycles. The molecule has 2 aromatic carbocycles. The summed E-state index contributed by atoms with van der Waals surface area (Å²) in [6.07, 6.45) is 2.09. The SMILES string of the molecule is CCn1nnc2cc(C(=O)N(CC3CC3)c3ccc(Cl)c([N+](=O)[O-])c3)ccc21. The van der Waals surface area contributed by atoms with E-state index in [0.717, 1.165) is 18.4 Å². The third-order valence-corrected chi connectivity index (χ3v) is 5.20. The van der Waals surface area contributed by atoms with Gasteiger partial charge in [-0.3, -0.25) is 14.9 Å². The fraction of sp³-hybridized carbons (Fsp3) is 0.316. The van der Waals surface area contributed by atoms with Gasteiger partial charge in [-0.1, -0.05) is 16.8 Å². The molecule has 1 amide bonds. The van der Waals surface area contributed by atoms with E-state index in [1.54, 1.807) is 27.8 Å². The molecule has 0 bridgehead atoms. The molecule has 1 fully saturated rings. The average molecular weight is 400 g/mol. The molecule has 4 rings (SSSR count). The maximum Gasteiger partial charge on any atom is 0.289 e. The Morgan fingerprint density at radius 3 is 2.79 bits per heavy atom. The van der Waals surface area contributed by atoms with Crippen molar-refractivity contribution in [1.82, 2.24) is 15.0 Å². The van der Waals surface area contributed by atoms with Crippen LogP contribution in [-0.4, -0.2) is 32.4 Å². The molecule has 0 unspecified atom stereocenters. The van der Waals surface area contributed by atoms with Gasteiger partial charge in [0.05, 0.1) is 16.1 Å². The highest BCUT2D eigenvalue weighted by molar-refractivity contribution is 6.32. The standard InChI is InChI=1S/C19H18ClN5O3/c1-2-24-17-8-5-13(9-16(17)21-22-24)19(26)23(11-12-3-4-12)14-6-7-15(20)18(10-14)25(27)28/h5-10,12H,2-4,11H2,1H3. The lowest BCUT2D eigenvalue weighted by molar-refractivity contribution is -0.384. The second-order valence-corrected chi connectivity index (χ2v) is 7.27. The molecule has 8 nitrogen and oxygen atoms in total. The summed E-state index contributed by atoms with van der Waals surface area (Å²) in [4.78, 5) is 25.6. The number of hydrogen-bond acceptors (Lipinski definition) is 5. The molecule has 1 aliphatic rings. The number of anilines is 1. The van der Waals surface area contributed by atoms with Crippen LogP contribution in [0.15, 0.2) is 36.4 Å². The van der Waals surface area contributed by atoms with Crippen LogP contribution in [0.2, 0.25) is 5.02 Å². The van der Waals surface area contributed by atoms with Crippen LogP contribution in [0.5, 0.6) is 0 Å². The van der Waals surface area contributed by atoms with E-state index in [-0.39, 0.29) is 16.6 Å². The minimum absolute atomic E-state index is 0.0465. The normalized spacial score (nSPS) is 13.6. The highest BCUT2D eigenvalue weighted by atomic mass is 35.5. The van der Waals surface area contributed by atoms with Gasteiger partial charge in [0.25, 0.3) is 11.6 Å². The van der Waals surface area contributed by atoms with Crippen molar-refractivity contribution in [2.45, 2.75) is 26.3 Å². The van der Waals surface area contributed by atoms with E-state index in [2.05, 4.69) is 10.3 Å². The van der Waals surface area contributed by atoms with E-state index in [9.17, 15) is 14.9 Å². The molecule has 0 spiro atoms. The van der Waals surface area contributed by atoms with E-state index >= 15 is 0 Å². The summed E-state index contributed by atoms with van der Waals surface area (Å²) in [5.74, 6) is 0.180. The smallest absolute Gasteiger partial charge is 0.289 e. The highest BCUT2D eigenvalue weighted by Gasteiger charge is 2.29. The second kappa shape index (κ2) is 7.20. The number of nitro groups is 1. The number of carbonyl (C=O) groups is 1. The number of benzene rings is 2. The summed E-state index contributed by atoms with van der Waals surface area (Å²) in [5, 5.41) is 19.5. The maximum absolute atomic E-state index is 13.3. The number of aryl methyl sites for hydroxylation is 1. The van der Waals surface area contributed by atoms with Crippen molar-refractivity contribution in [2.75, 3.05) is 11.4 Å². The van der Waals surface area contributed by atoms with Gasteiger partial charge in [0.15, 0.2) is 0 Å². The zero-order valence-corrected chi connectivity index (χ0v) is 16.0. The molecule has 3 aromatic rings. The summed E-state index contributed by atoms with van der Waals surface area (Å²) in [5.41, 5.74) is 2.21.